The van der Waals surface area contributed by atoms with Crippen molar-refractivity contribution in [2.45, 2.75) is 20.8 Å². The summed E-state index contributed by atoms with van der Waals surface area (Å²) in [5.41, 5.74) is 2.16. The molecule has 0 N–H and O–H groups in total. The summed E-state index contributed by atoms with van der Waals surface area (Å²) in [6.07, 6.45) is 1.53. The van der Waals surface area contributed by atoms with Crippen LogP contribution in [0.4, 0.5) is 5.69 Å². The number of rotatable bonds is 1. The van der Waals surface area contributed by atoms with E-state index < -0.39 is 0 Å². The number of hydrogen-bond donors (Lipinski definition) is 0. The topological polar surface area (TPSA) is 86.5 Å². The molecular weight excluding hydrogens is 170 g/mol. The van der Waals surface area contributed by atoms with E-state index in [0.717, 1.165) is 0 Å². The number of nitro groups is 1. The molecule has 0 aliphatic heterocycles. The van der Waals surface area contributed by atoms with E-state index in [0.29, 0.717) is 16.8 Å². The normalized spacial score (nSPS) is 9.15. The fraction of sp³-hybridized carbons (Fsp3) is 0.375. The van der Waals surface area contributed by atoms with Crippen molar-refractivity contribution < 1.29 is 4.92 Å². The van der Waals surface area contributed by atoms with E-state index >= 15 is 0 Å². The van der Waals surface area contributed by atoms with Gasteiger partial charge in [-0.15, -0.1) is 0 Å². The van der Waals surface area contributed by atoms with Crippen molar-refractivity contribution in [3.63, 3.8) is 0 Å². The summed E-state index contributed by atoms with van der Waals surface area (Å²) in [4.78, 5) is 14.2. The molecule has 1 rings (SSSR count). The van der Waals surface area contributed by atoms with Crippen LogP contribution in [0.1, 0.15) is 16.8 Å². The predicted octanol–water partition coefficient (Wildman–Crippen LogP) is 1.43. The quantitative estimate of drug-likeness (QED) is 0.483. The summed E-state index contributed by atoms with van der Waals surface area (Å²) in [5.74, 6) is 0. The lowest BCUT2D eigenvalue weighted by molar-refractivity contribution is -0.386. The Kier molecular flexibility index (Phi) is 3.50. The standard InChI is InChI=1S/C8H10N2O2.N/c1-5-4-9-7(3)6(2)8(5)10(11)12;/h4H,1-3H3;. The van der Waals surface area contributed by atoms with E-state index in [1.165, 1.54) is 6.20 Å². The summed E-state index contributed by atoms with van der Waals surface area (Å²) in [6, 6.07) is 0. The molecule has 69 valence electrons. The van der Waals surface area contributed by atoms with Gasteiger partial charge in [0.25, 0.3) is 5.69 Å². The number of aryl methyl sites for hydroxylation is 2. The molecule has 0 fully saturated rings. The first-order valence-corrected chi connectivity index (χ1v) is 3.61. The van der Waals surface area contributed by atoms with Crippen molar-refractivity contribution >= 4 is 5.69 Å². The molecule has 5 nitrogen and oxygen atoms in total. The zero-order valence-corrected chi connectivity index (χ0v) is 7.74. The van der Waals surface area contributed by atoms with E-state index in [1.54, 1.807) is 20.8 Å². The second-order valence-corrected chi connectivity index (χ2v) is 2.76. The van der Waals surface area contributed by atoms with Gasteiger partial charge in [0.05, 0.1) is 4.92 Å². The van der Waals surface area contributed by atoms with Crippen molar-refractivity contribution in [3.8, 4) is 0 Å². The van der Waals surface area contributed by atoms with Crippen LogP contribution in [0.15, 0.2) is 6.20 Å². The van der Waals surface area contributed by atoms with E-state index in [2.05, 4.69) is 4.98 Å². The van der Waals surface area contributed by atoms with E-state index in [-0.39, 0.29) is 16.8 Å². The summed E-state index contributed by atoms with van der Waals surface area (Å²) in [5, 5.41) is 10.6. The summed E-state index contributed by atoms with van der Waals surface area (Å²) < 4.78 is 0. The number of pyridine rings is 1. The van der Waals surface area contributed by atoms with Gasteiger partial charge in [-0.3, -0.25) is 15.1 Å². The van der Waals surface area contributed by atoms with Gasteiger partial charge < -0.3 is 0 Å². The monoisotopic (exact) mass is 180 g/mol. The molecule has 0 unspecified atom stereocenters. The predicted molar refractivity (Wildman–Crippen MR) is 47.2 cm³/mol. The minimum atomic E-state index is -0.362. The molecule has 0 atom stereocenters. The smallest absolute Gasteiger partial charge is 0.261 e. The van der Waals surface area contributed by atoms with E-state index in [4.69, 9.17) is 0 Å². The zero-order chi connectivity index (χ0) is 9.30. The van der Waals surface area contributed by atoms with Crippen LogP contribution in [0.2, 0.25) is 0 Å². The van der Waals surface area contributed by atoms with Gasteiger partial charge in [0.15, 0.2) is 0 Å². The van der Waals surface area contributed by atoms with Gasteiger partial charge in [-0.05, 0) is 20.8 Å². The fourth-order valence-electron chi connectivity index (χ4n) is 1.10. The molecule has 1 heterocycles. The van der Waals surface area contributed by atoms with Gasteiger partial charge in [-0.2, -0.15) is 0 Å². The van der Waals surface area contributed by atoms with Crippen LogP contribution in [0.5, 0.6) is 0 Å². The van der Waals surface area contributed by atoms with Crippen LogP contribution in [0, 0.1) is 30.9 Å². The second kappa shape index (κ2) is 3.95. The largest absolute Gasteiger partial charge is 0.278 e. The first-order chi connectivity index (χ1) is 5.54. The van der Waals surface area contributed by atoms with Crippen molar-refractivity contribution in [1.82, 2.24) is 11.1 Å². The first kappa shape index (κ1) is 11.5. The third kappa shape index (κ3) is 2.00. The van der Waals surface area contributed by atoms with Crippen LogP contribution < -0.4 is 6.15 Å². The van der Waals surface area contributed by atoms with Gasteiger partial charge in [0.1, 0.15) is 0 Å². The summed E-state index contributed by atoms with van der Waals surface area (Å²) in [7, 11) is 0. The van der Waals surface area contributed by atoms with Gasteiger partial charge in [0, 0.05) is 29.2 Å². The van der Waals surface area contributed by atoms with Crippen LogP contribution in [-0.2, 0) is 0 Å². The molecule has 0 amide bonds. The lowest BCUT2D eigenvalue weighted by atomic mass is 10.1. The average molecular weight is 180 g/mol. The summed E-state index contributed by atoms with van der Waals surface area (Å²) in [6.45, 7) is 5.17. The maximum absolute atomic E-state index is 10.6. The van der Waals surface area contributed by atoms with Gasteiger partial charge in [-0.1, -0.05) is 0 Å². The molecule has 13 heavy (non-hydrogen) atoms. The van der Waals surface area contributed by atoms with Crippen LogP contribution in [0.3, 0.4) is 0 Å². The highest BCUT2D eigenvalue weighted by Gasteiger charge is 2.15. The molecule has 0 aliphatic rings. The molecule has 3 radical (unpaired) electrons. The summed E-state index contributed by atoms with van der Waals surface area (Å²) >= 11 is 0. The number of hydrogen-bond acceptors (Lipinski definition) is 3. The van der Waals surface area contributed by atoms with E-state index in [1.807, 2.05) is 0 Å². The Bertz CT molecular complexity index is 336. The number of nitrogens with zero attached hydrogens (tertiary/aromatic N) is 3. The third-order valence-corrected chi connectivity index (χ3v) is 1.91. The van der Waals surface area contributed by atoms with Gasteiger partial charge in [-0.25, -0.2) is 0 Å². The SMILES string of the molecule is Cc1cnc(C)c(C)c1[N+](=O)[O-].[N]. The van der Waals surface area contributed by atoms with Crippen LogP contribution in [-0.4, -0.2) is 9.91 Å². The highest BCUT2D eigenvalue weighted by atomic mass is 16.6. The molecule has 0 spiro atoms. The molecule has 0 saturated carbocycles. The second-order valence-electron chi connectivity index (χ2n) is 2.76. The molecule has 1 aromatic heterocycles. The van der Waals surface area contributed by atoms with Crippen LogP contribution in [0.25, 0.3) is 0 Å². The molecule has 0 saturated heterocycles. The first-order valence-electron chi connectivity index (χ1n) is 3.61. The average Bonchev–Trinajstić information content (AvgIpc) is 1.97. The van der Waals surface area contributed by atoms with Crippen molar-refractivity contribution in [1.29, 1.82) is 0 Å². The van der Waals surface area contributed by atoms with Crippen LogP contribution >= 0.6 is 0 Å². The molecular formula is C8H10N3O2. The Labute approximate surface area is 76.5 Å². The van der Waals surface area contributed by atoms with Crippen molar-refractivity contribution in [2.75, 3.05) is 0 Å². The molecule has 1 aromatic rings. The Hall–Kier alpha value is -1.49. The maximum atomic E-state index is 10.6. The Morgan fingerprint density at radius 1 is 1.38 bits per heavy atom. The molecule has 0 aliphatic carbocycles. The van der Waals surface area contributed by atoms with E-state index in [9.17, 15) is 10.1 Å². The minimum absolute atomic E-state index is 0. The Morgan fingerprint density at radius 2 is 1.92 bits per heavy atom. The van der Waals surface area contributed by atoms with Gasteiger partial charge in [0.2, 0.25) is 0 Å². The molecule has 5 heteroatoms. The van der Waals surface area contributed by atoms with Crippen molar-refractivity contribution in [3.05, 3.63) is 33.1 Å². The minimum Gasteiger partial charge on any atom is -0.261 e. The third-order valence-electron chi connectivity index (χ3n) is 1.91. The maximum Gasteiger partial charge on any atom is 0.278 e. The Morgan fingerprint density at radius 3 is 2.31 bits per heavy atom. The fourth-order valence-corrected chi connectivity index (χ4v) is 1.10. The lowest BCUT2D eigenvalue weighted by Crippen LogP contribution is -1.98. The molecule has 0 aromatic carbocycles. The lowest BCUT2D eigenvalue weighted by Gasteiger charge is -2.02. The molecule has 0 bridgehead atoms. The number of aromatic nitrogens is 1. The highest BCUT2D eigenvalue weighted by Crippen LogP contribution is 2.22. The van der Waals surface area contributed by atoms with Gasteiger partial charge >= 0.3 is 0 Å². The Balaban J connectivity index is 0.00000144. The highest BCUT2D eigenvalue weighted by molar-refractivity contribution is 5.46. The van der Waals surface area contributed by atoms with Crippen molar-refractivity contribution in [2.24, 2.45) is 0 Å². The zero-order valence-electron chi connectivity index (χ0n) is 7.74.